The van der Waals surface area contributed by atoms with Gasteiger partial charge in [0.1, 0.15) is 5.75 Å². The lowest BCUT2D eigenvalue weighted by Gasteiger charge is -2.31. The monoisotopic (exact) mass is 346 g/mol. The number of benzene rings is 1. The Morgan fingerprint density at radius 1 is 1.12 bits per heavy atom. The highest BCUT2D eigenvalue weighted by Crippen LogP contribution is 2.39. The van der Waals surface area contributed by atoms with Gasteiger partial charge >= 0.3 is 6.18 Å². The van der Waals surface area contributed by atoms with E-state index in [-0.39, 0.29) is 18.0 Å². The molecule has 0 bridgehead atoms. The minimum Gasteiger partial charge on any atom is -0.481 e. The van der Waals surface area contributed by atoms with E-state index in [1.807, 2.05) is 0 Å². The van der Waals surface area contributed by atoms with Crippen molar-refractivity contribution in [3.63, 3.8) is 0 Å². The molecule has 6 nitrogen and oxygen atoms in total. The van der Waals surface area contributed by atoms with Crippen molar-refractivity contribution in [2.75, 3.05) is 16.8 Å². The van der Waals surface area contributed by atoms with Crippen LogP contribution in [0.2, 0.25) is 0 Å². The Balaban J connectivity index is 1.95. The summed E-state index contributed by atoms with van der Waals surface area (Å²) in [4.78, 5) is 35.6. The van der Waals surface area contributed by atoms with Crippen LogP contribution in [0, 0.1) is 11.7 Å². The summed E-state index contributed by atoms with van der Waals surface area (Å²) in [5.41, 5.74) is -0.489. The van der Waals surface area contributed by atoms with Crippen molar-refractivity contribution in [3.05, 3.63) is 17.9 Å². The number of nitrogens with one attached hydrogen (secondary N) is 1. The van der Waals surface area contributed by atoms with Crippen molar-refractivity contribution < 1.29 is 36.7 Å². The largest absolute Gasteiger partial charge is 0.481 e. The second-order valence-corrected chi connectivity index (χ2v) is 5.41. The predicted octanol–water partition coefficient (Wildman–Crippen LogP) is 1.99. The standard InChI is InChI=1S/C14H10F4N2O4/c15-7-3-10-8(19-11(21)5-24-10)4-9(7)20-12(22)1-6(2-13(20)23)14(16,17)18/h3-4,6H,1-2,5H2,(H,19,21). The summed E-state index contributed by atoms with van der Waals surface area (Å²) in [6.45, 7) is -0.319. The van der Waals surface area contributed by atoms with E-state index < -0.39 is 54.2 Å². The van der Waals surface area contributed by atoms with Gasteiger partial charge in [-0.25, -0.2) is 9.29 Å². The number of carbonyl (C=O) groups excluding carboxylic acids is 3. The number of piperidine rings is 1. The maximum Gasteiger partial charge on any atom is 0.392 e. The fraction of sp³-hybridized carbons (Fsp3) is 0.357. The average molecular weight is 346 g/mol. The highest BCUT2D eigenvalue weighted by Gasteiger charge is 2.48. The van der Waals surface area contributed by atoms with Crippen LogP contribution >= 0.6 is 0 Å². The zero-order valence-electron chi connectivity index (χ0n) is 11.9. The Bertz CT molecular complexity index is 729. The Morgan fingerprint density at radius 3 is 2.33 bits per heavy atom. The summed E-state index contributed by atoms with van der Waals surface area (Å²) in [7, 11) is 0. The fourth-order valence-corrected chi connectivity index (χ4v) is 2.58. The lowest BCUT2D eigenvalue weighted by atomic mass is 9.94. The first-order chi connectivity index (χ1) is 11.2. The Morgan fingerprint density at radius 2 is 1.75 bits per heavy atom. The summed E-state index contributed by atoms with van der Waals surface area (Å²) in [5, 5.41) is 2.37. The summed E-state index contributed by atoms with van der Waals surface area (Å²) in [6, 6.07) is 1.85. The Labute approximate surface area is 132 Å². The molecule has 1 fully saturated rings. The number of hydrogen-bond donors (Lipinski definition) is 1. The van der Waals surface area contributed by atoms with Crippen LogP contribution < -0.4 is 15.0 Å². The zero-order chi connectivity index (χ0) is 17.6. The molecule has 0 aromatic heterocycles. The topological polar surface area (TPSA) is 75.7 Å². The summed E-state index contributed by atoms with van der Waals surface area (Å²) in [6.07, 6.45) is -6.59. The van der Waals surface area contributed by atoms with Crippen molar-refractivity contribution in [1.82, 2.24) is 0 Å². The third kappa shape index (κ3) is 2.79. The highest BCUT2D eigenvalue weighted by molar-refractivity contribution is 6.17. The van der Waals surface area contributed by atoms with Crippen LogP contribution in [-0.4, -0.2) is 30.5 Å². The van der Waals surface area contributed by atoms with Crippen LogP contribution in [0.4, 0.5) is 28.9 Å². The number of rotatable bonds is 1. The maximum atomic E-state index is 14.2. The van der Waals surface area contributed by atoms with E-state index in [1.165, 1.54) is 0 Å². The molecule has 3 amide bonds. The molecule has 3 rings (SSSR count). The first kappa shape index (κ1) is 16.2. The summed E-state index contributed by atoms with van der Waals surface area (Å²) >= 11 is 0. The lowest BCUT2D eigenvalue weighted by Crippen LogP contribution is -2.47. The first-order valence-electron chi connectivity index (χ1n) is 6.85. The van der Waals surface area contributed by atoms with Crippen molar-refractivity contribution in [1.29, 1.82) is 0 Å². The number of ether oxygens (including phenoxy) is 1. The lowest BCUT2D eigenvalue weighted by molar-refractivity contribution is -0.185. The zero-order valence-corrected chi connectivity index (χ0v) is 11.9. The molecule has 0 atom stereocenters. The van der Waals surface area contributed by atoms with Gasteiger partial charge in [0.25, 0.3) is 5.91 Å². The number of nitrogens with zero attached hydrogens (tertiary/aromatic N) is 1. The van der Waals surface area contributed by atoms with Gasteiger partial charge in [-0.1, -0.05) is 0 Å². The van der Waals surface area contributed by atoms with E-state index in [0.717, 1.165) is 12.1 Å². The van der Waals surface area contributed by atoms with Crippen LogP contribution in [0.25, 0.3) is 0 Å². The molecule has 24 heavy (non-hydrogen) atoms. The molecule has 0 radical (unpaired) electrons. The van der Waals surface area contributed by atoms with E-state index >= 15 is 0 Å². The minimum absolute atomic E-state index is 0.000857. The summed E-state index contributed by atoms with van der Waals surface area (Å²) < 4.78 is 57.3. The van der Waals surface area contributed by atoms with Crippen molar-refractivity contribution in [2.45, 2.75) is 19.0 Å². The number of halogens is 4. The van der Waals surface area contributed by atoms with E-state index in [9.17, 15) is 31.9 Å². The number of hydrogen-bond acceptors (Lipinski definition) is 4. The Hall–Kier alpha value is -2.65. The molecule has 10 heteroatoms. The number of fused-ring (bicyclic) bond motifs is 1. The Kier molecular flexibility index (Phi) is 3.69. The second kappa shape index (κ2) is 5.46. The van der Waals surface area contributed by atoms with Gasteiger partial charge in [0.05, 0.1) is 17.3 Å². The van der Waals surface area contributed by atoms with Crippen molar-refractivity contribution in [2.24, 2.45) is 5.92 Å². The van der Waals surface area contributed by atoms with Crippen LogP contribution in [0.5, 0.6) is 5.75 Å². The van der Waals surface area contributed by atoms with Crippen LogP contribution in [0.3, 0.4) is 0 Å². The number of imide groups is 1. The maximum absolute atomic E-state index is 14.2. The van der Waals surface area contributed by atoms with E-state index in [2.05, 4.69) is 5.32 Å². The highest BCUT2D eigenvalue weighted by atomic mass is 19.4. The molecular formula is C14H10F4N2O4. The minimum atomic E-state index is -4.69. The SMILES string of the molecule is O=C1COc2cc(F)c(N3C(=O)CC(C(F)(F)F)CC3=O)cc2N1. The normalized spacial score (nSPS) is 19.0. The second-order valence-electron chi connectivity index (χ2n) is 5.41. The van der Waals surface area contributed by atoms with Crippen molar-refractivity contribution >= 4 is 29.1 Å². The van der Waals surface area contributed by atoms with Crippen LogP contribution in [-0.2, 0) is 14.4 Å². The van der Waals surface area contributed by atoms with Gasteiger partial charge < -0.3 is 10.1 Å². The first-order valence-corrected chi connectivity index (χ1v) is 6.85. The predicted molar refractivity (Wildman–Crippen MR) is 71.8 cm³/mol. The molecule has 1 aromatic rings. The third-order valence-electron chi connectivity index (χ3n) is 3.73. The molecule has 2 aliphatic rings. The van der Waals surface area contributed by atoms with Gasteiger partial charge in [-0.2, -0.15) is 13.2 Å². The van der Waals surface area contributed by atoms with Crippen molar-refractivity contribution in [3.8, 4) is 5.75 Å². The average Bonchev–Trinajstić information content (AvgIpc) is 2.46. The number of amides is 3. The molecule has 0 saturated carbocycles. The molecule has 1 aromatic carbocycles. The van der Waals surface area contributed by atoms with Crippen LogP contribution in [0.15, 0.2) is 12.1 Å². The van der Waals surface area contributed by atoms with Gasteiger partial charge in [-0.15, -0.1) is 0 Å². The smallest absolute Gasteiger partial charge is 0.392 e. The third-order valence-corrected chi connectivity index (χ3v) is 3.73. The summed E-state index contributed by atoms with van der Waals surface area (Å²) in [5.74, 6) is -5.94. The van der Waals surface area contributed by atoms with Crippen LogP contribution in [0.1, 0.15) is 12.8 Å². The number of anilines is 2. The molecule has 1 saturated heterocycles. The van der Waals surface area contributed by atoms with Gasteiger partial charge in [-0.3, -0.25) is 14.4 Å². The molecule has 0 unspecified atom stereocenters. The number of alkyl halides is 3. The van der Waals surface area contributed by atoms with Gasteiger partial charge in [0, 0.05) is 18.9 Å². The van der Waals surface area contributed by atoms with E-state index in [4.69, 9.17) is 4.74 Å². The van der Waals surface area contributed by atoms with Gasteiger partial charge in [0.2, 0.25) is 11.8 Å². The van der Waals surface area contributed by atoms with E-state index in [0.29, 0.717) is 4.90 Å². The fourth-order valence-electron chi connectivity index (χ4n) is 2.58. The molecular weight excluding hydrogens is 336 g/mol. The number of carbonyl (C=O) groups is 3. The molecule has 128 valence electrons. The van der Waals surface area contributed by atoms with Gasteiger partial charge in [-0.05, 0) is 6.07 Å². The quantitative estimate of drug-likeness (QED) is 0.623. The van der Waals surface area contributed by atoms with E-state index in [1.54, 1.807) is 0 Å². The van der Waals surface area contributed by atoms with Gasteiger partial charge in [0.15, 0.2) is 12.4 Å². The molecule has 2 heterocycles. The molecule has 0 spiro atoms. The molecule has 1 N–H and O–H groups in total. The molecule has 0 aliphatic carbocycles. The molecule has 2 aliphatic heterocycles.